The van der Waals surface area contributed by atoms with Gasteiger partial charge < -0.3 is 26.4 Å². The van der Waals surface area contributed by atoms with Crippen molar-refractivity contribution in [3.8, 4) is 0 Å². The number of nitrogen functional groups attached to an aromatic ring is 2. The molecular formula is C13H14N10O4. The molecule has 0 amide bonds. The second kappa shape index (κ2) is 8.56. The van der Waals surface area contributed by atoms with E-state index in [1.165, 1.54) is 30.9 Å². The van der Waals surface area contributed by atoms with E-state index in [2.05, 4.69) is 34.9 Å². The molecule has 14 nitrogen and oxygen atoms in total. The summed E-state index contributed by atoms with van der Waals surface area (Å²) in [4.78, 5) is 64.1. The smallest absolute Gasteiger partial charge is 0.346 e. The molecule has 4 aromatic rings. The third kappa shape index (κ3) is 5.82. The largest absolute Gasteiger partial charge is 0.383 e. The lowest BCUT2D eigenvalue weighted by molar-refractivity contribution is 1.04. The van der Waals surface area contributed by atoms with Gasteiger partial charge in [-0.3, -0.25) is 19.6 Å². The van der Waals surface area contributed by atoms with E-state index in [0.717, 1.165) is 0 Å². The molecule has 0 bridgehead atoms. The monoisotopic (exact) mass is 374 g/mol. The van der Waals surface area contributed by atoms with Crippen LogP contribution in [0.5, 0.6) is 0 Å². The van der Waals surface area contributed by atoms with Gasteiger partial charge in [0.2, 0.25) is 5.95 Å². The fourth-order valence-electron chi connectivity index (χ4n) is 1.63. The highest BCUT2D eigenvalue weighted by Gasteiger charge is 2.01. The summed E-state index contributed by atoms with van der Waals surface area (Å²) in [6.45, 7) is 0. The van der Waals surface area contributed by atoms with Crippen molar-refractivity contribution < 1.29 is 0 Å². The third-order valence-electron chi connectivity index (χ3n) is 2.69. The summed E-state index contributed by atoms with van der Waals surface area (Å²) < 4.78 is 0. The van der Waals surface area contributed by atoms with Gasteiger partial charge in [0.25, 0.3) is 11.1 Å². The number of rotatable bonds is 0. The summed E-state index contributed by atoms with van der Waals surface area (Å²) in [6.07, 6.45) is 4.14. The molecule has 9 N–H and O–H groups in total. The van der Waals surface area contributed by atoms with Crippen molar-refractivity contribution >= 4 is 22.9 Å². The first kappa shape index (κ1) is 18.8. The van der Waals surface area contributed by atoms with Crippen LogP contribution in [0.1, 0.15) is 0 Å². The van der Waals surface area contributed by atoms with Gasteiger partial charge in [-0.25, -0.2) is 14.6 Å². The van der Waals surface area contributed by atoms with Crippen LogP contribution in [0.2, 0.25) is 0 Å². The first-order valence-corrected chi connectivity index (χ1v) is 7.13. The van der Waals surface area contributed by atoms with Gasteiger partial charge in [-0.1, -0.05) is 0 Å². The number of aromatic nitrogens is 8. The number of imidazole rings is 1. The Morgan fingerprint density at radius 2 is 1.59 bits per heavy atom. The first-order chi connectivity index (χ1) is 12.8. The zero-order valence-corrected chi connectivity index (χ0v) is 13.5. The number of anilines is 2. The first-order valence-electron chi connectivity index (χ1n) is 7.13. The molecule has 0 aromatic carbocycles. The maximum Gasteiger partial charge on any atom is 0.346 e. The minimum atomic E-state index is -0.475. The van der Waals surface area contributed by atoms with Crippen LogP contribution in [0.15, 0.2) is 50.0 Å². The summed E-state index contributed by atoms with van der Waals surface area (Å²) in [5.41, 5.74) is 9.49. The van der Waals surface area contributed by atoms with Crippen LogP contribution in [0, 0.1) is 0 Å². The number of fused-ring (bicyclic) bond motifs is 1. The second-order valence-corrected chi connectivity index (χ2v) is 4.67. The molecule has 27 heavy (non-hydrogen) atoms. The SMILES string of the molecule is Nc1cc[nH]c(=O)n1.Nc1nc2[nH]cnc2c(=O)[nH]1.O=c1cc[nH]c(=O)[nH]1. The molecule has 0 saturated carbocycles. The van der Waals surface area contributed by atoms with Gasteiger partial charge in [0.05, 0.1) is 6.33 Å². The van der Waals surface area contributed by atoms with E-state index in [0.29, 0.717) is 5.65 Å². The van der Waals surface area contributed by atoms with Crippen LogP contribution < -0.4 is 34.0 Å². The molecule has 0 aliphatic heterocycles. The Balaban J connectivity index is 0.000000149. The molecule has 140 valence electrons. The fourth-order valence-corrected chi connectivity index (χ4v) is 1.63. The van der Waals surface area contributed by atoms with Gasteiger partial charge in [-0.2, -0.15) is 9.97 Å². The van der Waals surface area contributed by atoms with Crippen molar-refractivity contribution in [2.45, 2.75) is 0 Å². The van der Waals surface area contributed by atoms with Gasteiger partial charge in [0, 0.05) is 18.5 Å². The Morgan fingerprint density at radius 3 is 2.15 bits per heavy atom. The molecule has 0 radical (unpaired) electrons. The Hall–Kier alpha value is -4.49. The molecule has 0 saturated heterocycles. The van der Waals surface area contributed by atoms with Crippen LogP contribution in [0.4, 0.5) is 11.8 Å². The zero-order chi connectivity index (χ0) is 19.8. The molecule has 0 aliphatic carbocycles. The molecule has 0 atom stereocenters. The van der Waals surface area contributed by atoms with Crippen LogP contribution >= 0.6 is 0 Å². The average molecular weight is 374 g/mol. The Labute approximate surface area is 147 Å². The molecule has 4 heterocycles. The van der Waals surface area contributed by atoms with Gasteiger partial charge in [0.15, 0.2) is 11.2 Å². The maximum absolute atomic E-state index is 11.0. The minimum Gasteiger partial charge on any atom is -0.383 e. The van der Waals surface area contributed by atoms with Gasteiger partial charge >= 0.3 is 11.4 Å². The lowest BCUT2D eigenvalue weighted by Gasteiger charge is -1.89. The predicted molar refractivity (Wildman–Crippen MR) is 95.9 cm³/mol. The van der Waals surface area contributed by atoms with E-state index in [-0.39, 0.29) is 28.4 Å². The fraction of sp³-hybridized carbons (Fsp3) is 0. The average Bonchev–Trinajstić information content (AvgIpc) is 3.04. The van der Waals surface area contributed by atoms with Gasteiger partial charge in [-0.15, -0.1) is 0 Å². The Morgan fingerprint density at radius 1 is 0.852 bits per heavy atom. The third-order valence-corrected chi connectivity index (χ3v) is 2.69. The predicted octanol–water partition coefficient (Wildman–Crippen LogP) is -2.36. The van der Waals surface area contributed by atoms with Crippen LogP contribution in [-0.2, 0) is 0 Å². The van der Waals surface area contributed by atoms with Crippen molar-refractivity contribution in [1.82, 2.24) is 39.9 Å². The Bertz CT molecular complexity index is 1220. The van der Waals surface area contributed by atoms with E-state index in [1.807, 2.05) is 4.98 Å². The highest BCUT2D eigenvalue weighted by Crippen LogP contribution is 1.98. The van der Waals surface area contributed by atoms with E-state index in [4.69, 9.17) is 11.5 Å². The van der Waals surface area contributed by atoms with E-state index in [1.54, 1.807) is 0 Å². The number of H-pyrrole nitrogens is 5. The summed E-state index contributed by atoms with van der Waals surface area (Å²) in [5, 5.41) is 0. The van der Waals surface area contributed by atoms with Crippen LogP contribution in [0.3, 0.4) is 0 Å². The van der Waals surface area contributed by atoms with Crippen molar-refractivity contribution in [1.29, 1.82) is 0 Å². The van der Waals surface area contributed by atoms with E-state index >= 15 is 0 Å². The maximum atomic E-state index is 11.0. The van der Waals surface area contributed by atoms with E-state index < -0.39 is 11.4 Å². The molecule has 14 heteroatoms. The minimum absolute atomic E-state index is 0.0896. The van der Waals surface area contributed by atoms with Crippen molar-refractivity contribution in [2.24, 2.45) is 0 Å². The molecule has 0 aliphatic rings. The Kier molecular flexibility index (Phi) is 5.97. The quantitative estimate of drug-likeness (QED) is 0.174. The lowest BCUT2D eigenvalue weighted by atomic mass is 10.5. The van der Waals surface area contributed by atoms with Crippen molar-refractivity contribution in [3.05, 3.63) is 72.5 Å². The standard InChI is InChI=1S/C5H5N5O.C4H5N3O.C4H4N2O2/c6-5-9-3-2(4(11)10-5)7-1-8-3;5-3-1-2-6-4(8)7-3;7-3-1-2-5-4(8)6-3/h1H,(H4,6,7,8,9,10,11);1-2H,(H3,5,6,7,8);1-2H,(H2,5,6,7,8). The lowest BCUT2D eigenvalue weighted by Crippen LogP contribution is -2.19. The van der Waals surface area contributed by atoms with Gasteiger partial charge in [-0.05, 0) is 6.07 Å². The number of hydrogen-bond acceptors (Lipinski definition) is 9. The molecule has 4 rings (SSSR count). The highest BCUT2D eigenvalue weighted by molar-refractivity contribution is 5.69. The van der Waals surface area contributed by atoms with Crippen molar-refractivity contribution in [3.63, 3.8) is 0 Å². The molecule has 0 unspecified atom stereocenters. The molecule has 4 aromatic heterocycles. The molecule has 0 fully saturated rings. The number of nitrogens with one attached hydrogen (secondary N) is 5. The number of aromatic amines is 5. The highest BCUT2D eigenvalue weighted by atomic mass is 16.2. The van der Waals surface area contributed by atoms with Crippen LogP contribution in [-0.4, -0.2) is 39.9 Å². The number of hydrogen-bond donors (Lipinski definition) is 7. The van der Waals surface area contributed by atoms with Gasteiger partial charge in [0.1, 0.15) is 5.82 Å². The number of nitrogens with two attached hydrogens (primary N) is 2. The molecule has 0 spiro atoms. The molecular weight excluding hydrogens is 360 g/mol. The summed E-state index contributed by atoms with van der Waals surface area (Å²) in [7, 11) is 0. The zero-order valence-electron chi connectivity index (χ0n) is 13.5. The van der Waals surface area contributed by atoms with E-state index in [9.17, 15) is 19.2 Å². The summed E-state index contributed by atoms with van der Waals surface area (Å²) >= 11 is 0. The topological polar surface area (TPSA) is 238 Å². The van der Waals surface area contributed by atoms with Crippen LogP contribution in [0.25, 0.3) is 11.2 Å². The second-order valence-electron chi connectivity index (χ2n) is 4.67. The van der Waals surface area contributed by atoms with Crippen molar-refractivity contribution in [2.75, 3.05) is 11.5 Å². The summed E-state index contributed by atoms with van der Waals surface area (Å²) in [6, 6.07) is 2.75. The number of nitrogens with zero attached hydrogens (tertiary/aromatic N) is 3. The summed E-state index contributed by atoms with van der Waals surface area (Å²) in [5.74, 6) is 0.334. The normalized spacial score (nSPS) is 9.63.